The molecule has 2 N–H and O–H groups in total. The lowest BCUT2D eigenvalue weighted by atomic mass is 9.90. The lowest BCUT2D eigenvalue weighted by Crippen LogP contribution is -2.47. The molecule has 0 radical (unpaired) electrons. The summed E-state index contributed by atoms with van der Waals surface area (Å²) in [6, 6.07) is 10.00. The highest BCUT2D eigenvalue weighted by molar-refractivity contribution is 9.10. The molecule has 2 heterocycles. The number of carbonyl (C=O) groups is 2. The van der Waals surface area contributed by atoms with E-state index in [0.717, 1.165) is 5.56 Å². The summed E-state index contributed by atoms with van der Waals surface area (Å²) in [5.74, 6) is -0.939. The third-order valence-corrected chi connectivity index (χ3v) is 7.26. The standard InChI is InChI=1S/C23H21BrClFN4O4S/c1-23(2,27-22(32)33)9-13-11-35-18-8-16(26)15(19-28-29-21(24)34-19)7-17(18)30(20(13)31)10-12-3-5-14(25)6-4-12/h3-8,13,27H,9-11H2,1-2H3,(H,32,33)/t13-/m0/s1. The van der Waals surface area contributed by atoms with Crippen molar-refractivity contribution in [2.24, 2.45) is 5.92 Å². The van der Waals surface area contributed by atoms with Gasteiger partial charge in [-0.1, -0.05) is 23.7 Å². The first-order valence-corrected chi connectivity index (χ1v) is 12.7. The predicted octanol–water partition coefficient (Wildman–Crippen LogP) is 5.98. The average molecular weight is 584 g/mol. The number of benzene rings is 2. The minimum absolute atomic E-state index is 0.0198. The highest BCUT2D eigenvalue weighted by atomic mass is 79.9. The van der Waals surface area contributed by atoms with E-state index in [1.807, 2.05) is 12.1 Å². The van der Waals surface area contributed by atoms with Gasteiger partial charge in [0.2, 0.25) is 5.91 Å². The molecule has 0 unspecified atom stereocenters. The molecule has 0 saturated heterocycles. The van der Waals surface area contributed by atoms with Crippen LogP contribution >= 0.6 is 39.3 Å². The SMILES string of the molecule is CC(C)(C[C@H]1CSc2cc(F)c(-c3nnc(Br)o3)cc2N(Cc2ccc(Cl)cc2)C1=O)NC(=O)O. The molecular formula is C23H21BrClFN4O4S. The molecule has 1 aromatic heterocycles. The van der Waals surface area contributed by atoms with Crippen LogP contribution in [0.3, 0.4) is 0 Å². The van der Waals surface area contributed by atoms with Crippen molar-refractivity contribution < 1.29 is 23.5 Å². The maximum Gasteiger partial charge on any atom is 0.405 e. The second kappa shape index (κ2) is 10.2. The fourth-order valence-corrected chi connectivity index (χ4v) is 5.49. The first-order valence-electron chi connectivity index (χ1n) is 10.5. The lowest BCUT2D eigenvalue weighted by molar-refractivity contribution is -0.122. The summed E-state index contributed by atoms with van der Waals surface area (Å²) in [6.45, 7) is 3.67. The molecule has 184 valence electrons. The third-order valence-electron chi connectivity index (χ3n) is 5.48. The number of fused-ring (bicyclic) bond motifs is 1. The molecule has 0 spiro atoms. The number of carboxylic acid groups (broad SMARTS) is 1. The topological polar surface area (TPSA) is 109 Å². The summed E-state index contributed by atoms with van der Waals surface area (Å²) in [7, 11) is 0. The Morgan fingerprint density at radius 2 is 2.06 bits per heavy atom. The van der Waals surface area contributed by atoms with Crippen molar-refractivity contribution in [3.63, 3.8) is 0 Å². The lowest BCUT2D eigenvalue weighted by Gasteiger charge is -2.31. The molecule has 8 nitrogen and oxygen atoms in total. The Morgan fingerprint density at radius 1 is 1.34 bits per heavy atom. The van der Waals surface area contributed by atoms with Crippen molar-refractivity contribution in [3.8, 4) is 11.5 Å². The molecule has 4 rings (SSSR count). The molecule has 2 amide bonds. The number of thioether (sulfide) groups is 1. The maximum atomic E-state index is 15.1. The van der Waals surface area contributed by atoms with E-state index in [-0.39, 0.29) is 35.1 Å². The highest BCUT2D eigenvalue weighted by Gasteiger charge is 2.36. The molecule has 12 heteroatoms. The molecule has 35 heavy (non-hydrogen) atoms. The first kappa shape index (κ1) is 25.5. The minimum atomic E-state index is -1.16. The Labute approximate surface area is 218 Å². The number of halogens is 3. The van der Waals surface area contributed by atoms with Crippen molar-refractivity contribution in [2.45, 2.75) is 37.2 Å². The van der Waals surface area contributed by atoms with Crippen LogP contribution in [0.1, 0.15) is 25.8 Å². The van der Waals surface area contributed by atoms with Gasteiger partial charge in [-0.15, -0.1) is 22.0 Å². The van der Waals surface area contributed by atoms with Crippen molar-refractivity contribution >= 4 is 57.0 Å². The van der Waals surface area contributed by atoms with Crippen LogP contribution in [0.15, 0.2) is 50.5 Å². The smallest absolute Gasteiger partial charge is 0.405 e. The monoisotopic (exact) mass is 582 g/mol. The second-order valence-electron chi connectivity index (χ2n) is 8.74. The third kappa shape index (κ3) is 5.96. The van der Waals surface area contributed by atoms with E-state index in [0.29, 0.717) is 21.4 Å². The Bertz CT molecular complexity index is 1270. The van der Waals surface area contributed by atoms with E-state index in [4.69, 9.17) is 16.0 Å². The van der Waals surface area contributed by atoms with Crippen LogP contribution in [0.4, 0.5) is 14.9 Å². The van der Waals surface area contributed by atoms with Crippen molar-refractivity contribution in [2.75, 3.05) is 10.7 Å². The van der Waals surface area contributed by atoms with Crippen LogP contribution in [0.2, 0.25) is 5.02 Å². The normalized spacial score (nSPS) is 16.1. The molecule has 0 saturated carbocycles. The largest absolute Gasteiger partial charge is 0.465 e. The Balaban J connectivity index is 1.76. The van der Waals surface area contributed by atoms with E-state index in [9.17, 15) is 14.7 Å². The summed E-state index contributed by atoms with van der Waals surface area (Å²) < 4.78 is 20.4. The quantitative estimate of drug-likeness (QED) is 0.367. The van der Waals surface area contributed by atoms with Gasteiger partial charge >= 0.3 is 6.09 Å². The molecule has 1 atom stereocenters. The number of nitrogens with one attached hydrogen (secondary N) is 1. The van der Waals surface area contributed by atoms with Gasteiger partial charge in [0.05, 0.1) is 23.7 Å². The summed E-state index contributed by atoms with van der Waals surface area (Å²) in [5.41, 5.74) is 0.561. The molecule has 3 aromatic rings. The summed E-state index contributed by atoms with van der Waals surface area (Å²) in [6.07, 6.45) is -0.898. The van der Waals surface area contributed by atoms with Crippen LogP contribution in [0.25, 0.3) is 11.5 Å². The van der Waals surface area contributed by atoms with Crippen LogP contribution in [-0.2, 0) is 11.3 Å². The van der Waals surface area contributed by atoms with Crippen LogP contribution in [0.5, 0.6) is 0 Å². The van der Waals surface area contributed by atoms with E-state index >= 15 is 4.39 Å². The molecule has 2 aromatic carbocycles. The zero-order valence-electron chi connectivity index (χ0n) is 18.7. The van der Waals surface area contributed by atoms with Gasteiger partial charge in [0.1, 0.15) is 5.82 Å². The van der Waals surface area contributed by atoms with Gasteiger partial charge in [-0.25, -0.2) is 9.18 Å². The van der Waals surface area contributed by atoms with E-state index in [1.54, 1.807) is 30.9 Å². The number of rotatable bonds is 6. The van der Waals surface area contributed by atoms with Gasteiger partial charge in [-0.3, -0.25) is 4.79 Å². The number of carbonyl (C=O) groups excluding carboxylic acids is 1. The summed E-state index contributed by atoms with van der Waals surface area (Å²) >= 11 is 10.4. The van der Waals surface area contributed by atoms with Crippen molar-refractivity contribution in [1.82, 2.24) is 15.5 Å². The molecule has 0 bridgehead atoms. The number of aromatic nitrogens is 2. The number of hydrogen-bond acceptors (Lipinski definition) is 6. The van der Waals surface area contributed by atoms with Crippen molar-refractivity contribution in [3.05, 3.63) is 57.6 Å². The number of nitrogens with zero attached hydrogens (tertiary/aromatic N) is 3. The molecule has 1 aliphatic heterocycles. The molecule has 0 aliphatic carbocycles. The predicted molar refractivity (Wildman–Crippen MR) is 134 cm³/mol. The molecule has 1 aliphatic rings. The molecular weight excluding hydrogens is 563 g/mol. The van der Waals surface area contributed by atoms with Crippen molar-refractivity contribution in [1.29, 1.82) is 0 Å². The van der Waals surface area contributed by atoms with Gasteiger partial charge in [0.25, 0.3) is 10.7 Å². The Kier molecular flexibility index (Phi) is 7.39. The maximum absolute atomic E-state index is 15.1. The minimum Gasteiger partial charge on any atom is -0.465 e. The van der Waals surface area contributed by atoms with E-state index in [1.165, 1.54) is 23.9 Å². The van der Waals surface area contributed by atoms with Gasteiger partial charge < -0.3 is 19.7 Å². The Hall–Kier alpha value is -2.63. The summed E-state index contributed by atoms with van der Waals surface area (Å²) in [5, 5.41) is 19.8. The average Bonchev–Trinajstić information content (AvgIpc) is 3.16. The summed E-state index contributed by atoms with van der Waals surface area (Å²) in [4.78, 5) is 27.4. The van der Waals surface area contributed by atoms with Crippen LogP contribution < -0.4 is 10.2 Å². The number of anilines is 1. The Morgan fingerprint density at radius 3 is 2.69 bits per heavy atom. The van der Waals surface area contributed by atoms with Gasteiger partial charge in [0.15, 0.2) is 0 Å². The van der Waals surface area contributed by atoms with Gasteiger partial charge in [-0.05, 0) is 50.1 Å². The second-order valence-corrected chi connectivity index (χ2v) is 10.9. The zero-order valence-corrected chi connectivity index (χ0v) is 21.9. The highest BCUT2D eigenvalue weighted by Crippen LogP contribution is 2.42. The number of amides is 2. The zero-order chi connectivity index (χ0) is 25.3. The van der Waals surface area contributed by atoms with Crippen LogP contribution in [-0.4, -0.2) is 38.6 Å². The molecule has 0 fully saturated rings. The van der Waals surface area contributed by atoms with Crippen LogP contribution in [0, 0.1) is 11.7 Å². The fraction of sp³-hybridized carbons (Fsp3) is 0.304. The van der Waals surface area contributed by atoms with E-state index in [2.05, 4.69) is 31.4 Å². The van der Waals surface area contributed by atoms with E-state index < -0.39 is 23.4 Å². The number of hydrogen-bond donors (Lipinski definition) is 2. The van der Waals surface area contributed by atoms with Gasteiger partial charge in [-0.2, -0.15) is 0 Å². The van der Waals surface area contributed by atoms with Gasteiger partial charge in [0, 0.05) is 37.1 Å². The fourth-order valence-electron chi connectivity index (χ4n) is 3.99. The first-order chi connectivity index (χ1) is 16.5.